The van der Waals surface area contributed by atoms with E-state index in [0.717, 1.165) is 17.5 Å². The summed E-state index contributed by atoms with van der Waals surface area (Å²) in [7, 11) is 1.59. The Balaban J connectivity index is 3.19. The molecule has 0 fully saturated rings. The number of hydrogen-bond donors (Lipinski definition) is 0. The van der Waals surface area contributed by atoms with Crippen molar-refractivity contribution in [3.63, 3.8) is 0 Å². The molecule has 0 aliphatic rings. The Kier molecular flexibility index (Phi) is 3.89. The first-order chi connectivity index (χ1) is 7.84. The van der Waals surface area contributed by atoms with E-state index in [0.29, 0.717) is 5.57 Å². The van der Waals surface area contributed by atoms with Gasteiger partial charge in [0.25, 0.3) is 0 Å². The third-order valence-electron chi connectivity index (χ3n) is 2.44. The van der Waals surface area contributed by atoms with E-state index in [1.165, 1.54) is 0 Å². The van der Waals surface area contributed by atoms with Crippen LogP contribution in [0.3, 0.4) is 0 Å². The Hall–Kier alpha value is -1.84. The van der Waals surface area contributed by atoms with Gasteiger partial charge in [0.2, 0.25) is 6.20 Å². The van der Waals surface area contributed by atoms with Gasteiger partial charge in [-0.1, -0.05) is 32.9 Å². The van der Waals surface area contributed by atoms with E-state index in [1.54, 1.807) is 19.2 Å². The molecule has 17 heavy (non-hydrogen) atoms. The minimum atomic E-state index is -0.412. The van der Waals surface area contributed by atoms with Crippen molar-refractivity contribution in [3.8, 4) is 5.75 Å². The molecular weight excluding hydrogens is 218 g/mol. The number of ether oxygens (including phenoxy) is 1. The van der Waals surface area contributed by atoms with Crippen molar-refractivity contribution < 1.29 is 9.66 Å². The summed E-state index contributed by atoms with van der Waals surface area (Å²) in [6, 6.07) is 7.27. The minimum Gasteiger partial charge on any atom is -0.497 e. The van der Waals surface area contributed by atoms with Crippen LogP contribution in [0.1, 0.15) is 26.3 Å². The summed E-state index contributed by atoms with van der Waals surface area (Å²) < 4.78 is 5.06. The molecule has 1 rings (SSSR count). The van der Waals surface area contributed by atoms with E-state index < -0.39 is 4.92 Å². The zero-order valence-electron chi connectivity index (χ0n) is 10.6. The van der Waals surface area contributed by atoms with E-state index >= 15 is 0 Å². The first-order valence-electron chi connectivity index (χ1n) is 5.35. The van der Waals surface area contributed by atoms with Crippen LogP contribution in [0.15, 0.2) is 30.5 Å². The van der Waals surface area contributed by atoms with Gasteiger partial charge in [0.1, 0.15) is 5.75 Å². The van der Waals surface area contributed by atoms with Gasteiger partial charge in [0, 0.05) is 5.57 Å². The van der Waals surface area contributed by atoms with E-state index in [4.69, 9.17) is 4.74 Å². The number of nitro groups is 1. The number of allylic oxidation sites excluding steroid dienone is 1. The van der Waals surface area contributed by atoms with Gasteiger partial charge in [-0.15, -0.1) is 0 Å². The van der Waals surface area contributed by atoms with Crippen LogP contribution in [-0.2, 0) is 0 Å². The van der Waals surface area contributed by atoms with Gasteiger partial charge in [-0.2, -0.15) is 0 Å². The maximum atomic E-state index is 10.7. The Morgan fingerprint density at radius 2 is 1.82 bits per heavy atom. The fourth-order valence-electron chi connectivity index (χ4n) is 1.58. The summed E-state index contributed by atoms with van der Waals surface area (Å²) in [4.78, 5) is 10.2. The predicted molar refractivity (Wildman–Crippen MR) is 67.4 cm³/mol. The second-order valence-electron chi connectivity index (χ2n) is 4.81. The van der Waals surface area contributed by atoms with Gasteiger partial charge in [-0.25, -0.2) is 0 Å². The molecule has 0 bridgehead atoms. The topological polar surface area (TPSA) is 52.4 Å². The molecular formula is C13H17NO3. The molecule has 0 radical (unpaired) electrons. The third-order valence-corrected chi connectivity index (χ3v) is 2.44. The predicted octanol–water partition coefficient (Wildman–Crippen LogP) is 3.36. The molecule has 0 spiro atoms. The first kappa shape index (κ1) is 13.2. The summed E-state index contributed by atoms with van der Waals surface area (Å²) in [6.07, 6.45) is 1.07. The lowest BCUT2D eigenvalue weighted by atomic mass is 9.83. The summed E-state index contributed by atoms with van der Waals surface area (Å²) in [5, 5.41) is 10.7. The molecule has 0 N–H and O–H groups in total. The Labute approximate surface area is 101 Å². The van der Waals surface area contributed by atoms with E-state index in [-0.39, 0.29) is 5.41 Å². The average Bonchev–Trinajstić information content (AvgIpc) is 2.24. The van der Waals surface area contributed by atoms with Gasteiger partial charge in [0.05, 0.1) is 12.0 Å². The van der Waals surface area contributed by atoms with Crippen molar-refractivity contribution in [2.75, 3.05) is 7.11 Å². The van der Waals surface area contributed by atoms with E-state index in [2.05, 4.69) is 0 Å². The normalized spacial score (nSPS) is 12.4. The third kappa shape index (κ3) is 3.59. The van der Waals surface area contributed by atoms with Crippen molar-refractivity contribution in [1.82, 2.24) is 0 Å². The molecule has 1 aromatic rings. The summed E-state index contributed by atoms with van der Waals surface area (Å²) in [6.45, 7) is 5.85. The molecule has 0 heterocycles. The van der Waals surface area contributed by atoms with Gasteiger partial charge in [-0.3, -0.25) is 10.1 Å². The maximum absolute atomic E-state index is 10.7. The van der Waals surface area contributed by atoms with Crippen LogP contribution >= 0.6 is 0 Å². The van der Waals surface area contributed by atoms with Crippen LogP contribution < -0.4 is 4.74 Å². The van der Waals surface area contributed by atoms with Crippen molar-refractivity contribution >= 4 is 5.57 Å². The van der Waals surface area contributed by atoms with Crippen molar-refractivity contribution in [2.45, 2.75) is 20.8 Å². The molecule has 0 aromatic heterocycles. The monoisotopic (exact) mass is 235 g/mol. The number of methoxy groups -OCH3 is 1. The van der Waals surface area contributed by atoms with Crippen LogP contribution in [0.2, 0.25) is 0 Å². The molecule has 0 unspecified atom stereocenters. The second-order valence-corrected chi connectivity index (χ2v) is 4.81. The quantitative estimate of drug-likeness (QED) is 0.596. The van der Waals surface area contributed by atoms with Crippen LogP contribution in [0.5, 0.6) is 5.75 Å². The summed E-state index contributed by atoms with van der Waals surface area (Å²) in [5.74, 6) is 0.739. The van der Waals surface area contributed by atoms with Crippen molar-refractivity contribution in [3.05, 3.63) is 46.1 Å². The van der Waals surface area contributed by atoms with E-state index in [9.17, 15) is 10.1 Å². The van der Waals surface area contributed by atoms with Crippen molar-refractivity contribution in [2.24, 2.45) is 5.41 Å². The number of rotatable bonds is 3. The zero-order valence-corrected chi connectivity index (χ0v) is 10.6. The highest BCUT2D eigenvalue weighted by atomic mass is 16.6. The number of benzene rings is 1. The van der Waals surface area contributed by atoms with Crippen LogP contribution in [0.4, 0.5) is 0 Å². The second kappa shape index (κ2) is 4.99. The summed E-state index contributed by atoms with van der Waals surface area (Å²) >= 11 is 0. The smallest absolute Gasteiger partial charge is 0.238 e. The number of nitrogens with zero attached hydrogens (tertiary/aromatic N) is 1. The number of hydrogen-bond acceptors (Lipinski definition) is 3. The fourth-order valence-corrected chi connectivity index (χ4v) is 1.58. The Bertz CT molecular complexity index is 427. The van der Waals surface area contributed by atoms with Crippen LogP contribution in [0, 0.1) is 15.5 Å². The summed E-state index contributed by atoms with van der Waals surface area (Å²) in [5.41, 5.74) is 1.27. The fraction of sp³-hybridized carbons (Fsp3) is 0.385. The molecule has 0 amide bonds. The minimum absolute atomic E-state index is 0.276. The lowest BCUT2D eigenvalue weighted by Gasteiger charge is -2.21. The zero-order chi connectivity index (χ0) is 13.1. The highest BCUT2D eigenvalue weighted by molar-refractivity contribution is 5.68. The Morgan fingerprint density at radius 1 is 1.29 bits per heavy atom. The SMILES string of the molecule is COc1ccc(/C(=C/[N+](=O)[O-])C(C)(C)C)cc1. The molecule has 4 heteroatoms. The molecule has 0 saturated heterocycles. The highest BCUT2D eigenvalue weighted by Crippen LogP contribution is 2.34. The molecule has 92 valence electrons. The van der Waals surface area contributed by atoms with Crippen LogP contribution in [0.25, 0.3) is 5.57 Å². The lowest BCUT2D eigenvalue weighted by molar-refractivity contribution is -0.401. The largest absolute Gasteiger partial charge is 0.497 e. The van der Waals surface area contributed by atoms with Crippen molar-refractivity contribution in [1.29, 1.82) is 0 Å². The molecule has 4 nitrogen and oxygen atoms in total. The molecule has 0 saturated carbocycles. The van der Waals surface area contributed by atoms with Gasteiger partial charge >= 0.3 is 0 Å². The van der Waals surface area contributed by atoms with Crippen LogP contribution in [-0.4, -0.2) is 12.0 Å². The van der Waals surface area contributed by atoms with E-state index in [1.807, 2.05) is 32.9 Å². The maximum Gasteiger partial charge on any atom is 0.238 e. The first-order valence-corrected chi connectivity index (χ1v) is 5.35. The average molecular weight is 235 g/mol. The molecule has 0 atom stereocenters. The van der Waals surface area contributed by atoms with Gasteiger partial charge in [0.15, 0.2) is 0 Å². The van der Waals surface area contributed by atoms with Gasteiger partial charge in [-0.05, 0) is 23.1 Å². The lowest BCUT2D eigenvalue weighted by Crippen LogP contribution is -2.10. The molecule has 1 aromatic carbocycles. The van der Waals surface area contributed by atoms with Gasteiger partial charge < -0.3 is 4.74 Å². The highest BCUT2D eigenvalue weighted by Gasteiger charge is 2.22. The molecule has 0 aliphatic heterocycles. The standard InChI is InChI=1S/C13H17NO3/c1-13(2,3)12(9-14(15)16)10-5-7-11(17-4)8-6-10/h5-9H,1-4H3/b12-9-. The Morgan fingerprint density at radius 3 is 2.18 bits per heavy atom. The molecule has 0 aliphatic carbocycles.